The lowest BCUT2D eigenvalue weighted by Crippen LogP contribution is -2.46. The number of para-hydroxylation sites is 1. The number of aromatic nitrogens is 8. The molecule has 2 aliphatic heterocycles. The Labute approximate surface area is 419 Å². The summed E-state index contributed by atoms with van der Waals surface area (Å²) in [5.74, 6) is -0.109. The molecule has 5 aromatic rings. The van der Waals surface area contributed by atoms with E-state index in [1.165, 1.54) is 0 Å². The van der Waals surface area contributed by atoms with Gasteiger partial charge in [-0.3, -0.25) is 4.79 Å². The van der Waals surface area contributed by atoms with E-state index in [-0.39, 0.29) is 49.7 Å². The predicted molar refractivity (Wildman–Crippen MR) is 269 cm³/mol. The number of carbonyl (C=O) groups excluding carboxylic acids is 1. The average molecular weight is 987 g/mol. The fraction of sp³-hybridized carbons (Fsp3) is 0.642. The van der Waals surface area contributed by atoms with Gasteiger partial charge in [0, 0.05) is 53.5 Å². The molecule has 0 radical (unpaired) electrons. The molecule has 0 aliphatic carbocycles. The maximum atomic E-state index is 14.0. The van der Waals surface area contributed by atoms with Gasteiger partial charge >= 0.3 is 5.97 Å². The molecule has 0 fully saturated rings. The topological polar surface area (TPSA) is 187 Å². The quantitative estimate of drug-likeness (QED) is 0.0311. The number of ether oxygens (including phenoxy) is 8. The van der Waals surface area contributed by atoms with Gasteiger partial charge in [0.05, 0.1) is 125 Å². The normalized spacial score (nSPS) is 17.0. The second kappa shape index (κ2) is 25.6. The number of benzene rings is 1. The Morgan fingerprint density at radius 1 is 0.789 bits per heavy atom. The minimum absolute atomic E-state index is 0. The summed E-state index contributed by atoms with van der Waals surface area (Å²) in [5.41, 5.74) is 3.42. The Morgan fingerprint density at radius 2 is 1.46 bits per heavy atom. The van der Waals surface area contributed by atoms with E-state index in [1.807, 2.05) is 57.3 Å². The van der Waals surface area contributed by atoms with Gasteiger partial charge in [0.25, 0.3) is 5.56 Å². The lowest BCUT2D eigenvalue weighted by atomic mass is 9.79. The van der Waals surface area contributed by atoms with Gasteiger partial charge in [0.1, 0.15) is 13.3 Å². The number of hydrogen-bond acceptors (Lipinski definition) is 15. The number of esters is 1. The Kier molecular flexibility index (Phi) is 20.0. The molecule has 2 unspecified atom stereocenters. The third kappa shape index (κ3) is 13.6. The zero-order valence-corrected chi connectivity index (χ0v) is 42.6. The summed E-state index contributed by atoms with van der Waals surface area (Å²) in [4.78, 5) is 32.6. The molecule has 71 heavy (non-hydrogen) atoms. The molecule has 18 heteroatoms. The van der Waals surface area contributed by atoms with Crippen molar-refractivity contribution in [3.05, 3.63) is 87.2 Å². The van der Waals surface area contributed by atoms with Crippen LogP contribution in [0.1, 0.15) is 110 Å². The van der Waals surface area contributed by atoms with Crippen LogP contribution in [0.4, 0.5) is 0 Å². The zero-order chi connectivity index (χ0) is 49.7. The van der Waals surface area contributed by atoms with Crippen LogP contribution in [0.2, 0.25) is 0 Å². The third-order valence-corrected chi connectivity index (χ3v) is 13.6. The van der Waals surface area contributed by atoms with E-state index in [0.717, 1.165) is 52.8 Å². The van der Waals surface area contributed by atoms with E-state index in [9.17, 15) is 9.59 Å². The number of fused-ring (bicyclic) bond motifs is 5. The molecule has 1 aromatic carbocycles. The Bertz CT molecular complexity index is 2540. The summed E-state index contributed by atoms with van der Waals surface area (Å²) in [6, 6.07) is 11.8. The molecule has 0 amide bonds. The standard InChI is InChI=1S/C52H74N8O10.CH4/c1-9-50(26-37(4)5,32-67-34-51(10-2,35-69-38(6)7)33-66-20-16-41-28-58(56-54-41)18-21-64-23-22-63-8)31-65-19-17-42-29-59(57-55-42)36-70-52(11-3)44-25-46-47-40(24-39-14-12-13-15-45(39)53-47)27-60(46)48(61)43(44)30-68-49(52)62;/h12-15,24-25,28-29,37-38H,9-11,16-23,26-27,30-36H2,1-8H3;1H4/t50?,51?,52-;/m0./s1. The summed E-state index contributed by atoms with van der Waals surface area (Å²) in [6.45, 7) is 20.8. The minimum Gasteiger partial charge on any atom is -0.458 e. The SMILES string of the molecule is C.CCC(COCCc1cn(CCOCCOC)nn1)(COCC(CC)(COCCc1cn(CO[C@]2(CC)C(=O)OCc3c2cc2n(c3=O)Cc3cc4ccccc4nc3-2)nn1)CC(C)C)COC(C)C. The van der Waals surface area contributed by atoms with Gasteiger partial charge in [0.15, 0.2) is 5.60 Å². The van der Waals surface area contributed by atoms with Crippen LogP contribution in [-0.4, -0.2) is 125 Å². The minimum atomic E-state index is -1.52. The van der Waals surface area contributed by atoms with Crippen molar-refractivity contribution >= 4 is 16.9 Å². The predicted octanol–water partition coefficient (Wildman–Crippen LogP) is 7.34. The van der Waals surface area contributed by atoms with Gasteiger partial charge in [-0.05, 0) is 63.6 Å². The molecule has 6 heterocycles. The van der Waals surface area contributed by atoms with Crippen molar-refractivity contribution in [3.8, 4) is 11.4 Å². The number of cyclic esters (lactones) is 1. The molecule has 0 bridgehead atoms. The largest absolute Gasteiger partial charge is 0.458 e. The van der Waals surface area contributed by atoms with Crippen LogP contribution in [0, 0.1) is 16.7 Å². The second-order valence-electron chi connectivity index (χ2n) is 19.6. The molecule has 0 saturated carbocycles. The van der Waals surface area contributed by atoms with Crippen molar-refractivity contribution in [3.63, 3.8) is 0 Å². The van der Waals surface area contributed by atoms with Crippen molar-refractivity contribution in [2.75, 3.05) is 73.2 Å². The van der Waals surface area contributed by atoms with Crippen LogP contribution in [0.5, 0.6) is 0 Å². The first-order chi connectivity index (χ1) is 33.9. The van der Waals surface area contributed by atoms with E-state index >= 15 is 0 Å². The fourth-order valence-corrected chi connectivity index (χ4v) is 9.37. The van der Waals surface area contributed by atoms with Crippen LogP contribution >= 0.6 is 0 Å². The van der Waals surface area contributed by atoms with Crippen LogP contribution in [-0.2, 0) is 87.6 Å². The first-order valence-corrected chi connectivity index (χ1v) is 25.0. The van der Waals surface area contributed by atoms with E-state index in [1.54, 1.807) is 27.2 Å². The molecule has 7 rings (SSSR count). The Balaban J connectivity index is 0.00000825. The number of methoxy groups -OCH3 is 1. The van der Waals surface area contributed by atoms with Gasteiger partial charge in [-0.15, -0.1) is 10.2 Å². The smallest absolute Gasteiger partial charge is 0.343 e. The second-order valence-corrected chi connectivity index (χ2v) is 19.6. The zero-order valence-electron chi connectivity index (χ0n) is 42.6. The molecule has 390 valence electrons. The number of hydrogen-bond donors (Lipinski definition) is 0. The summed E-state index contributed by atoms with van der Waals surface area (Å²) in [5, 5.41) is 18.3. The van der Waals surface area contributed by atoms with Crippen LogP contribution < -0.4 is 5.56 Å². The van der Waals surface area contributed by atoms with Crippen molar-refractivity contribution in [1.82, 2.24) is 39.5 Å². The van der Waals surface area contributed by atoms with Crippen LogP contribution in [0.15, 0.2) is 53.6 Å². The molecule has 3 atom stereocenters. The maximum Gasteiger partial charge on any atom is 0.343 e. The monoisotopic (exact) mass is 987 g/mol. The highest BCUT2D eigenvalue weighted by Crippen LogP contribution is 2.41. The van der Waals surface area contributed by atoms with Gasteiger partial charge in [-0.25, -0.2) is 19.1 Å². The first-order valence-electron chi connectivity index (χ1n) is 25.0. The molecule has 0 saturated heterocycles. The lowest BCUT2D eigenvalue weighted by Gasteiger charge is -2.37. The van der Waals surface area contributed by atoms with Crippen molar-refractivity contribution in [2.45, 2.75) is 133 Å². The Hall–Kier alpha value is -4.95. The van der Waals surface area contributed by atoms with E-state index in [2.05, 4.69) is 54.4 Å². The summed E-state index contributed by atoms with van der Waals surface area (Å²) in [7, 11) is 1.66. The summed E-state index contributed by atoms with van der Waals surface area (Å²) in [6.07, 6.45) is 7.88. The van der Waals surface area contributed by atoms with Gasteiger partial charge in [0.2, 0.25) is 0 Å². The fourth-order valence-electron chi connectivity index (χ4n) is 9.37. The van der Waals surface area contributed by atoms with Gasteiger partial charge < -0.3 is 42.5 Å². The third-order valence-electron chi connectivity index (χ3n) is 13.6. The highest BCUT2D eigenvalue weighted by molar-refractivity contribution is 5.86. The molecule has 0 spiro atoms. The molecule has 18 nitrogen and oxygen atoms in total. The van der Waals surface area contributed by atoms with E-state index in [4.69, 9.17) is 42.9 Å². The van der Waals surface area contributed by atoms with Crippen molar-refractivity contribution in [2.24, 2.45) is 16.7 Å². The van der Waals surface area contributed by atoms with Crippen LogP contribution in [0.3, 0.4) is 0 Å². The molecule has 4 aromatic heterocycles. The molecule has 0 N–H and O–H groups in total. The summed E-state index contributed by atoms with van der Waals surface area (Å²) >= 11 is 0. The first kappa shape index (κ1) is 55.4. The Morgan fingerprint density at radius 3 is 2.15 bits per heavy atom. The van der Waals surface area contributed by atoms with E-state index in [0.29, 0.717) is 115 Å². The summed E-state index contributed by atoms with van der Waals surface area (Å²) < 4.78 is 53.4. The number of rotatable bonds is 31. The highest BCUT2D eigenvalue weighted by Gasteiger charge is 2.48. The van der Waals surface area contributed by atoms with Gasteiger partial charge in [-0.2, -0.15) is 0 Å². The van der Waals surface area contributed by atoms with Crippen molar-refractivity contribution < 1.29 is 42.7 Å². The average Bonchev–Trinajstić information content (AvgIpc) is 4.11. The molecule has 2 aliphatic rings. The number of carbonyl (C=O) groups is 1. The molecular formula is C53H78N8O10. The number of nitrogens with zero attached hydrogens (tertiary/aromatic N) is 8. The van der Waals surface area contributed by atoms with Gasteiger partial charge in [-0.1, -0.05) is 70.7 Å². The highest BCUT2D eigenvalue weighted by atomic mass is 16.6. The van der Waals surface area contributed by atoms with Crippen molar-refractivity contribution in [1.29, 1.82) is 0 Å². The maximum absolute atomic E-state index is 14.0. The van der Waals surface area contributed by atoms with E-state index < -0.39 is 11.6 Å². The lowest BCUT2D eigenvalue weighted by molar-refractivity contribution is -0.188. The molecular weight excluding hydrogens is 909 g/mol. The number of pyridine rings is 2. The van der Waals surface area contributed by atoms with Crippen LogP contribution in [0.25, 0.3) is 22.3 Å².